The molecule has 0 radical (unpaired) electrons. The predicted octanol–water partition coefficient (Wildman–Crippen LogP) is 4.27. The maximum atomic E-state index is 12.1. The van der Waals surface area contributed by atoms with Crippen LogP contribution in [-0.4, -0.2) is 11.6 Å². The first-order chi connectivity index (χ1) is 7.87. The van der Waals surface area contributed by atoms with Crippen LogP contribution in [0.5, 0.6) is 0 Å². The summed E-state index contributed by atoms with van der Waals surface area (Å²) in [5.74, 6) is 0.663. The second kappa shape index (κ2) is 5.99. The fraction of sp³-hybridized carbons (Fsp3) is 0.875. The Balaban J connectivity index is 4.35. The van der Waals surface area contributed by atoms with Crippen LogP contribution in [0.15, 0.2) is 0 Å². The lowest BCUT2D eigenvalue weighted by atomic mass is 9.78. The van der Waals surface area contributed by atoms with Gasteiger partial charge in [-0.2, -0.15) is 0 Å². The van der Waals surface area contributed by atoms with Crippen LogP contribution in [0.25, 0.3) is 0 Å². The molecule has 0 aliphatic carbocycles. The van der Waals surface area contributed by atoms with Gasteiger partial charge in [-0.25, -0.2) is 0 Å². The summed E-state index contributed by atoms with van der Waals surface area (Å²) in [6.45, 7) is 15.7. The highest BCUT2D eigenvalue weighted by Gasteiger charge is 2.29. The van der Waals surface area contributed by atoms with Crippen molar-refractivity contribution in [3.8, 4) is 0 Å². The standard InChI is InChI=1S/C16H30O2/c1-11(13(17)15(3,4)5)9-10-12(2)14(18)16(6,7)8/h11-12H,9-10H2,1-8H3. The molecule has 0 aliphatic rings. The molecule has 2 unspecified atom stereocenters. The molecule has 0 aromatic carbocycles. The summed E-state index contributed by atoms with van der Waals surface area (Å²) in [5.41, 5.74) is -0.562. The van der Waals surface area contributed by atoms with Gasteiger partial charge in [-0.3, -0.25) is 9.59 Å². The number of hydrogen-bond donors (Lipinski definition) is 0. The van der Waals surface area contributed by atoms with Crippen molar-refractivity contribution in [2.24, 2.45) is 22.7 Å². The van der Waals surface area contributed by atoms with Crippen molar-refractivity contribution < 1.29 is 9.59 Å². The van der Waals surface area contributed by atoms with Gasteiger partial charge in [0.2, 0.25) is 0 Å². The van der Waals surface area contributed by atoms with E-state index in [9.17, 15) is 9.59 Å². The van der Waals surface area contributed by atoms with Gasteiger partial charge in [-0.05, 0) is 12.8 Å². The van der Waals surface area contributed by atoms with Gasteiger partial charge < -0.3 is 0 Å². The summed E-state index contributed by atoms with van der Waals surface area (Å²) in [7, 11) is 0. The van der Waals surface area contributed by atoms with Gasteiger partial charge in [0.1, 0.15) is 11.6 Å². The average molecular weight is 254 g/mol. The third-order valence-electron chi connectivity index (χ3n) is 3.41. The van der Waals surface area contributed by atoms with E-state index in [4.69, 9.17) is 0 Å². The quantitative estimate of drug-likeness (QED) is 0.734. The Morgan fingerprint density at radius 1 is 0.722 bits per heavy atom. The topological polar surface area (TPSA) is 34.1 Å². The van der Waals surface area contributed by atoms with Crippen LogP contribution in [0.3, 0.4) is 0 Å². The van der Waals surface area contributed by atoms with Crippen LogP contribution in [-0.2, 0) is 9.59 Å². The minimum absolute atomic E-state index is 0.0419. The zero-order chi connectivity index (χ0) is 14.7. The Bertz CT molecular complexity index is 270. The van der Waals surface area contributed by atoms with E-state index >= 15 is 0 Å². The largest absolute Gasteiger partial charge is 0.299 e. The summed E-state index contributed by atoms with van der Waals surface area (Å²) in [5, 5.41) is 0. The molecule has 0 fully saturated rings. The molecule has 0 bridgehead atoms. The molecule has 0 saturated heterocycles. The number of Topliss-reactive ketones (excluding diaryl/α,β-unsaturated/α-hetero) is 2. The van der Waals surface area contributed by atoms with E-state index < -0.39 is 0 Å². The van der Waals surface area contributed by atoms with Gasteiger partial charge in [0, 0.05) is 22.7 Å². The third-order valence-corrected chi connectivity index (χ3v) is 3.41. The van der Waals surface area contributed by atoms with Gasteiger partial charge in [0.25, 0.3) is 0 Å². The zero-order valence-electron chi connectivity index (χ0n) is 13.4. The molecule has 2 atom stereocenters. The molecule has 0 rings (SSSR count). The average Bonchev–Trinajstić information content (AvgIpc) is 2.20. The summed E-state index contributed by atoms with van der Waals surface area (Å²) in [6, 6.07) is 0. The molecule has 0 aliphatic heterocycles. The molecule has 0 heterocycles. The third kappa shape index (κ3) is 5.32. The van der Waals surface area contributed by atoms with Crippen molar-refractivity contribution in [1.82, 2.24) is 0 Å². The number of carbonyl (C=O) groups excluding carboxylic acids is 2. The van der Waals surface area contributed by atoms with Gasteiger partial charge in [0.15, 0.2) is 0 Å². The summed E-state index contributed by atoms with van der Waals surface area (Å²) in [4.78, 5) is 24.1. The molecule has 0 N–H and O–H groups in total. The number of ketones is 2. The molecule has 0 aromatic heterocycles. The lowest BCUT2D eigenvalue weighted by molar-refractivity contribution is -0.132. The molecule has 0 spiro atoms. The monoisotopic (exact) mass is 254 g/mol. The highest BCUT2D eigenvalue weighted by atomic mass is 16.1. The minimum Gasteiger partial charge on any atom is -0.299 e. The molecule has 18 heavy (non-hydrogen) atoms. The number of rotatable bonds is 5. The Labute approximate surface area is 113 Å². The van der Waals surface area contributed by atoms with Crippen molar-refractivity contribution in [1.29, 1.82) is 0 Å². The number of hydrogen-bond acceptors (Lipinski definition) is 2. The van der Waals surface area contributed by atoms with E-state index in [2.05, 4.69) is 0 Å². The Kier molecular flexibility index (Phi) is 5.77. The maximum Gasteiger partial charge on any atom is 0.140 e. The van der Waals surface area contributed by atoms with Gasteiger partial charge >= 0.3 is 0 Å². The highest BCUT2D eigenvalue weighted by molar-refractivity contribution is 5.86. The van der Waals surface area contributed by atoms with Crippen molar-refractivity contribution >= 4 is 11.6 Å². The Morgan fingerprint density at radius 3 is 1.11 bits per heavy atom. The van der Waals surface area contributed by atoms with Crippen LogP contribution in [0.4, 0.5) is 0 Å². The van der Waals surface area contributed by atoms with Crippen molar-refractivity contribution in [3.05, 3.63) is 0 Å². The van der Waals surface area contributed by atoms with Crippen LogP contribution in [0, 0.1) is 22.7 Å². The maximum absolute atomic E-state index is 12.1. The number of carbonyl (C=O) groups is 2. The Morgan fingerprint density at radius 2 is 0.944 bits per heavy atom. The molecule has 2 nitrogen and oxygen atoms in total. The van der Waals surface area contributed by atoms with Gasteiger partial charge in [0.05, 0.1) is 0 Å². The van der Waals surface area contributed by atoms with Crippen molar-refractivity contribution in [3.63, 3.8) is 0 Å². The SMILES string of the molecule is CC(CCC(C)C(=O)C(C)(C)C)C(=O)C(C)(C)C. The highest BCUT2D eigenvalue weighted by Crippen LogP contribution is 2.27. The van der Waals surface area contributed by atoms with E-state index in [0.29, 0.717) is 0 Å². The first kappa shape index (κ1) is 17.3. The van der Waals surface area contributed by atoms with Crippen molar-refractivity contribution in [2.45, 2.75) is 68.2 Å². The summed E-state index contributed by atoms with van der Waals surface area (Å²) in [6.07, 6.45) is 1.61. The smallest absolute Gasteiger partial charge is 0.140 e. The molecule has 0 saturated carbocycles. The molecular formula is C16H30O2. The van der Waals surface area contributed by atoms with E-state index in [1.807, 2.05) is 55.4 Å². The lowest BCUT2D eigenvalue weighted by Gasteiger charge is -2.25. The van der Waals surface area contributed by atoms with Crippen LogP contribution in [0.2, 0.25) is 0 Å². The van der Waals surface area contributed by atoms with E-state index in [-0.39, 0.29) is 34.2 Å². The molecule has 2 heteroatoms. The second-order valence-corrected chi connectivity index (χ2v) is 7.61. The van der Waals surface area contributed by atoms with E-state index in [1.54, 1.807) is 0 Å². The van der Waals surface area contributed by atoms with Gasteiger partial charge in [-0.15, -0.1) is 0 Å². The normalized spacial score (nSPS) is 16.2. The fourth-order valence-corrected chi connectivity index (χ4v) is 2.24. The predicted molar refractivity (Wildman–Crippen MR) is 76.5 cm³/mol. The molecular weight excluding hydrogens is 224 g/mol. The lowest BCUT2D eigenvalue weighted by Crippen LogP contribution is -2.29. The summed E-state index contributed by atoms with van der Waals surface area (Å²) >= 11 is 0. The molecule has 106 valence electrons. The van der Waals surface area contributed by atoms with Crippen LogP contribution in [0.1, 0.15) is 68.2 Å². The molecule has 0 aromatic rings. The van der Waals surface area contributed by atoms with E-state index in [0.717, 1.165) is 12.8 Å². The summed E-state index contributed by atoms with van der Waals surface area (Å²) < 4.78 is 0. The Hall–Kier alpha value is -0.660. The van der Waals surface area contributed by atoms with Crippen LogP contribution < -0.4 is 0 Å². The first-order valence-electron chi connectivity index (χ1n) is 6.96. The van der Waals surface area contributed by atoms with Crippen LogP contribution >= 0.6 is 0 Å². The van der Waals surface area contributed by atoms with E-state index in [1.165, 1.54) is 0 Å². The fourth-order valence-electron chi connectivity index (χ4n) is 2.24. The zero-order valence-corrected chi connectivity index (χ0v) is 13.4. The van der Waals surface area contributed by atoms with Crippen molar-refractivity contribution in [2.75, 3.05) is 0 Å². The second-order valence-electron chi connectivity index (χ2n) is 7.61. The first-order valence-corrected chi connectivity index (χ1v) is 6.96. The van der Waals surface area contributed by atoms with Gasteiger partial charge in [-0.1, -0.05) is 55.4 Å². The minimum atomic E-state index is -0.281. The molecule has 0 amide bonds.